The van der Waals surface area contributed by atoms with Crippen LogP contribution in [-0.2, 0) is 52.6 Å². The van der Waals surface area contributed by atoms with E-state index in [1.807, 2.05) is 0 Å². The van der Waals surface area contributed by atoms with E-state index < -0.39 is 237 Å². The summed E-state index contributed by atoms with van der Waals surface area (Å²) in [4.78, 5) is 116. The van der Waals surface area contributed by atoms with Crippen molar-refractivity contribution in [1.29, 1.82) is 0 Å². The number of carbonyl (C=O) groups excluding carboxylic acids is 7. The number of hydrogen-bond acceptors (Lipinski definition) is 25. The average Bonchev–Trinajstić information content (AvgIpc) is 0.768. The summed E-state index contributed by atoms with van der Waals surface area (Å²) in [5.74, 6) is -16.3. The van der Waals surface area contributed by atoms with Gasteiger partial charge in [-0.2, -0.15) is 0 Å². The van der Waals surface area contributed by atoms with E-state index in [9.17, 15) is 75.0 Å². The van der Waals surface area contributed by atoms with Crippen molar-refractivity contribution in [3.8, 4) is 57.1 Å². The van der Waals surface area contributed by atoms with Gasteiger partial charge in [0.2, 0.25) is 53.4 Å². The van der Waals surface area contributed by atoms with Crippen LogP contribution in [0.2, 0.25) is 10.0 Å². The van der Waals surface area contributed by atoms with Crippen LogP contribution < -0.4 is 63.3 Å². The molecule has 11 bridgehead atoms. The Hall–Kier alpha value is -9.20. The maximum Gasteiger partial charge on any atom is 0.330 e. The van der Waals surface area contributed by atoms with Gasteiger partial charge in [-0.25, -0.2) is 4.79 Å². The first-order valence-corrected chi connectivity index (χ1v) is 31.9. The summed E-state index contributed by atoms with van der Waals surface area (Å²) >= 11 is 14.1. The second-order valence-electron chi connectivity index (χ2n) is 25.5. The van der Waals surface area contributed by atoms with E-state index in [0.717, 1.165) is 66.7 Å². The van der Waals surface area contributed by atoms with Gasteiger partial charge in [-0.15, -0.1) is 0 Å². The van der Waals surface area contributed by atoms with Crippen molar-refractivity contribution >= 4 is 70.5 Å². The normalized spacial score (nSPS) is 29.6. The SMILES string of the molecule is CC(C)C[C@@H](N)C(=O)N[C@H]1C(=O)N[C@@H](CC(N)=O)C(=O)N[C@H]2C(=O)N[C@H]3C(=O)NC(C(=O)N[C@H](C(=O)O)c4cc(O)cc(O)c4-c4cc3ccc4O)[C@H](O)c3ccc(c(Cl)c3)Oc3cc2cc(c3OC2OC(CO)C(O)C(O)C2OC2CC(C)(N)C(O)C(C)O2)Oc2ccc(cc2Cl)[C@H]1O. The molecule has 5 aromatic carbocycles. The number of aromatic hydroxyl groups is 3. The highest BCUT2D eigenvalue weighted by Crippen LogP contribution is 2.50. The lowest BCUT2D eigenvalue weighted by Gasteiger charge is -2.47. The molecule has 0 aromatic heterocycles. The Kier molecular flexibility index (Phi) is 21.7. The van der Waals surface area contributed by atoms with Crippen LogP contribution in [-0.4, -0.2) is 184 Å². The number of carbonyl (C=O) groups is 8. The molecule has 0 saturated carbocycles. The van der Waals surface area contributed by atoms with E-state index in [0.29, 0.717) is 0 Å². The number of aliphatic carboxylic acids is 1. The van der Waals surface area contributed by atoms with Crippen molar-refractivity contribution in [3.05, 3.63) is 117 Å². The number of phenols is 3. The van der Waals surface area contributed by atoms with Gasteiger partial charge < -0.3 is 129 Å². The maximum atomic E-state index is 16.0. The summed E-state index contributed by atoms with van der Waals surface area (Å²) in [6, 6.07) is -1.18. The molecule has 2 fully saturated rings. The van der Waals surface area contributed by atoms with Gasteiger partial charge in [-0.3, -0.25) is 33.6 Å². The van der Waals surface area contributed by atoms with Crippen molar-refractivity contribution < 1.29 is 118 Å². The zero-order chi connectivity index (χ0) is 72.8. The van der Waals surface area contributed by atoms with Gasteiger partial charge in [0.05, 0.1) is 41.3 Å². The Bertz CT molecular complexity index is 4060. The van der Waals surface area contributed by atoms with Crippen LogP contribution in [0.5, 0.6) is 46.0 Å². The molecule has 18 atom stereocenters. The van der Waals surface area contributed by atoms with Crippen LogP contribution >= 0.6 is 23.2 Å². The van der Waals surface area contributed by atoms with Crippen LogP contribution in [0.3, 0.4) is 0 Å². The molecule has 100 heavy (non-hydrogen) atoms. The van der Waals surface area contributed by atoms with Crippen LogP contribution in [0.15, 0.2) is 78.9 Å². The number of halogens is 2. The quantitative estimate of drug-likeness (QED) is 0.0772. The summed E-state index contributed by atoms with van der Waals surface area (Å²) in [7, 11) is 0. The van der Waals surface area contributed by atoms with E-state index in [-0.39, 0.29) is 46.2 Å². The number of fused-ring (bicyclic) bond motifs is 15. The minimum Gasteiger partial charge on any atom is -0.508 e. The highest BCUT2D eigenvalue weighted by atomic mass is 35.5. The van der Waals surface area contributed by atoms with Crippen LogP contribution in [0.4, 0.5) is 0 Å². The van der Waals surface area contributed by atoms with Gasteiger partial charge in [-0.1, -0.05) is 55.2 Å². The fourth-order valence-electron chi connectivity index (χ4n) is 12.3. The molecule has 33 nitrogen and oxygen atoms in total. The monoisotopic (exact) mass is 1430 g/mol. The molecular weight excluding hydrogens is 1360 g/mol. The minimum absolute atomic E-state index is 0.0742. The molecule has 0 spiro atoms. The molecule has 5 aromatic rings. The number of aliphatic hydroxyl groups excluding tert-OH is 6. The number of amides is 7. The second kappa shape index (κ2) is 29.6. The van der Waals surface area contributed by atoms with Gasteiger partial charge >= 0.3 is 5.97 Å². The van der Waals surface area contributed by atoms with Crippen molar-refractivity contribution in [2.45, 2.75) is 156 Å². The zero-order valence-electron chi connectivity index (χ0n) is 53.4. The van der Waals surface area contributed by atoms with Crippen LogP contribution in [0.1, 0.15) is 105 Å². The molecule has 7 aliphatic rings. The first-order chi connectivity index (χ1) is 47.1. The maximum absolute atomic E-state index is 16.0. The number of phenolic OH excluding ortho intramolecular Hbond substituents is 3. The summed E-state index contributed by atoms with van der Waals surface area (Å²) < 4.78 is 38.2. The molecule has 10 unspecified atom stereocenters. The first-order valence-electron chi connectivity index (χ1n) is 31.2. The number of rotatable bonds is 12. The summed E-state index contributed by atoms with van der Waals surface area (Å²) in [5, 5.41) is 127. The predicted octanol–water partition coefficient (Wildman–Crippen LogP) is -0.154. The lowest BCUT2D eigenvalue weighted by atomic mass is 9.86. The Labute approximate surface area is 577 Å². The third-order valence-corrected chi connectivity index (χ3v) is 18.1. The molecule has 0 aliphatic carbocycles. The molecular formula is C65H73Cl2N9O24. The lowest BCUT2D eigenvalue weighted by molar-refractivity contribution is -0.333. The number of nitrogens with one attached hydrogen (secondary N) is 6. The molecule has 7 amide bonds. The molecule has 7 heterocycles. The first kappa shape index (κ1) is 73.5. The number of ether oxygens (including phenoxy) is 6. The lowest BCUT2D eigenvalue weighted by Crippen LogP contribution is -2.64. The highest BCUT2D eigenvalue weighted by molar-refractivity contribution is 6.32. The third kappa shape index (κ3) is 15.4. The van der Waals surface area contributed by atoms with E-state index in [2.05, 4.69) is 31.9 Å². The predicted molar refractivity (Wildman–Crippen MR) is 344 cm³/mol. The van der Waals surface area contributed by atoms with Gasteiger partial charge in [0.25, 0.3) is 0 Å². The third-order valence-electron chi connectivity index (χ3n) is 17.5. The van der Waals surface area contributed by atoms with Gasteiger partial charge in [0, 0.05) is 34.7 Å². The Balaban J connectivity index is 1.24. The Morgan fingerprint density at radius 2 is 1.31 bits per heavy atom. The van der Waals surface area contributed by atoms with E-state index in [1.54, 1.807) is 13.8 Å². The number of nitrogens with two attached hydrogens (primary N) is 3. The van der Waals surface area contributed by atoms with E-state index >= 15 is 14.4 Å². The van der Waals surface area contributed by atoms with E-state index in [1.165, 1.54) is 26.0 Å². The standard InChI is InChI=1S/C65H73Cl2N9O24/c1-22(2)11-33(68)57(87)75-48-50(82)25-6-9-37(31(66)13-25)96-39-15-27-16-40(54(39)100-64-55(53(85)52(84)41(21-77)98-64)99-43-20-65(4,70)56(86)23(3)95-43)97-38-10-7-26(14-32(38)67)51(83)49-62(92)74-47(63(93)94)30-17-28(78)18-36(80)44(30)29-12-24(5-8-35(29)79)45(59(89)76-49)73-60(90)46(27)72-58(88)34(19-42(69)81)71-61(48)91/h5-10,12-18,22-23,33-34,41,43,45-53,55-56,64,77-80,82-86H,11,19-21,68,70H2,1-4H3,(H2,69,81)(H,71,91)(H,72,88)(H,73,90)(H,74,92)(H,75,87)(H,76,89)(H,93,94)/t23?,33-,34+,41?,43?,45-,46-,47+,48-,49?,50-,51-,52?,53?,55?,56?,64?,65?/m1/s1. The number of benzene rings is 5. The van der Waals surface area contributed by atoms with E-state index in [4.69, 9.17) is 68.8 Å². The molecule has 35 heteroatoms. The fraction of sp³-hybridized carbons (Fsp3) is 0.415. The number of hydrogen-bond donors (Lipinski definition) is 19. The Morgan fingerprint density at radius 1 is 0.710 bits per heavy atom. The summed E-state index contributed by atoms with van der Waals surface area (Å²) in [5.41, 5.74) is 14.1. The summed E-state index contributed by atoms with van der Waals surface area (Å²) in [6.07, 6.45) is -18.8. The van der Waals surface area contributed by atoms with Gasteiger partial charge in [-0.05, 0) is 103 Å². The molecule has 12 rings (SSSR count). The number of primary amides is 1. The number of carboxylic acid groups (broad SMARTS) is 1. The molecule has 2 saturated heterocycles. The van der Waals surface area contributed by atoms with Crippen LogP contribution in [0.25, 0.3) is 11.1 Å². The minimum atomic E-state index is -2.35. The van der Waals surface area contributed by atoms with Crippen molar-refractivity contribution in [2.75, 3.05) is 6.61 Å². The highest BCUT2D eigenvalue weighted by Gasteiger charge is 2.51. The zero-order valence-corrected chi connectivity index (χ0v) is 54.9. The fourth-order valence-corrected chi connectivity index (χ4v) is 12.7. The molecule has 7 aliphatic heterocycles. The largest absolute Gasteiger partial charge is 0.508 e. The molecule has 22 N–H and O–H groups in total. The average molecular weight is 1440 g/mol. The van der Waals surface area contributed by atoms with Crippen LogP contribution in [0, 0.1) is 5.92 Å². The van der Waals surface area contributed by atoms with Crippen molar-refractivity contribution in [2.24, 2.45) is 23.1 Å². The second-order valence-corrected chi connectivity index (χ2v) is 26.3. The number of carboxylic acids is 1. The molecule has 0 radical (unpaired) electrons. The summed E-state index contributed by atoms with van der Waals surface area (Å²) in [6.45, 7) is 5.53. The number of aliphatic hydroxyl groups is 6. The molecule has 536 valence electrons. The smallest absolute Gasteiger partial charge is 0.330 e. The Morgan fingerprint density at radius 3 is 1.90 bits per heavy atom. The van der Waals surface area contributed by atoms with Crippen molar-refractivity contribution in [3.63, 3.8) is 0 Å². The topological polar surface area (TPSA) is 544 Å². The van der Waals surface area contributed by atoms with Crippen molar-refractivity contribution in [1.82, 2.24) is 31.9 Å². The van der Waals surface area contributed by atoms with Gasteiger partial charge in [0.15, 0.2) is 29.9 Å². The van der Waals surface area contributed by atoms with Gasteiger partial charge in [0.1, 0.15) is 89.5 Å².